The number of likely N-dealkylation sites (tertiary alicyclic amines) is 1. The Morgan fingerprint density at radius 2 is 2.18 bits per heavy atom. The number of hydrogen-bond donors (Lipinski definition) is 1. The summed E-state index contributed by atoms with van der Waals surface area (Å²) in [4.78, 5) is 13.2. The zero-order chi connectivity index (χ0) is 12.4. The van der Waals surface area contributed by atoms with Crippen LogP contribution in [-0.4, -0.2) is 29.1 Å². The van der Waals surface area contributed by atoms with Gasteiger partial charge in [0.25, 0.3) is 0 Å². The molecule has 2 rings (SSSR count). The van der Waals surface area contributed by atoms with Crippen LogP contribution in [0.3, 0.4) is 0 Å². The molecule has 1 aromatic rings. The van der Waals surface area contributed by atoms with Crippen molar-refractivity contribution in [3.8, 4) is 0 Å². The van der Waals surface area contributed by atoms with E-state index in [-0.39, 0.29) is 5.76 Å². The highest BCUT2D eigenvalue weighted by Crippen LogP contribution is 2.20. The van der Waals surface area contributed by atoms with Crippen molar-refractivity contribution in [2.75, 3.05) is 13.1 Å². The van der Waals surface area contributed by atoms with E-state index in [2.05, 4.69) is 11.8 Å². The van der Waals surface area contributed by atoms with E-state index in [1.165, 1.54) is 12.8 Å². The van der Waals surface area contributed by atoms with Gasteiger partial charge in [-0.25, -0.2) is 4.79 Å². The Balaban J connectivity index is 1.99. The molecule has 0 unspecified atom stereocenters. The minimum absolute atomic E-state index is 0.0744. The van der Waals surface area contributed by atoms with Crippen molar-refractivity contribution < 1.29 is 14.3 Å². The summed E-state index contributed by atoms with van der Waals surface area (Å²) in [6.45, 7) is 6.92. The third-order valence-corrected chi connectivity index (χ3v) is 3.42. The average Bonchev–Trinajstić information content (AvgIpc) is 2.63. The van der Waals surface area contributed by atoms with Gasteiger partial charge in [0.15, 0.2) is 0 Å². The van der Waals surface area contributed by atoms with E-state index >= 15 is 0 Å². The number of carboxylic acid groups (broad SMARTS) is 1. The van der Waals surface area contributed by atoms with Crippen molar-refractivity contribution in [2.45, 2.75) is 33.2 Å². The number of nitrogens with zero attached hydrogens (tertiary/aromatic N) is 1. The van der Waals surface area contributed by atoms with E-state index in [1.54, 1.807) is 6.92 Å². The molecule has 0 radical (unpaired) electrons. The zero-order valence-corrected chi connectivity index (χ0v) is 10.4. The minimum Gasteiger partial charge on any atom is -0.475 e. The Labute approximate surface area is 101 Å². The van der Waals surface area contributed by atoms with E-state index in [0.29, 0.717) is 5.56 Å². The van der Waals surface area contributed by atoms with Crippen LogP contribution in [0.2, 0.25) is 0 Å². The Hall–Kier alpha value is -1.29. The molecule has 0 atom stereocenters. The number of carboxylic acids is 1. The van der Waals surface area contributed by atoms with Gasteiger partial charge in [-0.3, -0.25) is 4.90 Å². The van der Waals surface area contributed by atoms with Crippen LogP contribution in [0.4, 0.5) is 0 Å². The Morgan fingerprint density at radius 1 is 1.53 bits per heavy atom. The summed E-state index contributed by atoms with van der Waals surface area (Å²) in [6, 6.07) is 1.83. The number of aryl methyl sites for hydroxylation is 1. The lowest BCUT2D eigenvalue weighted by atomic mass is 9.99. The Kier molecular flexibility index (Phi) is 3.52. The van der Waals surface area contributed by atoms with Gasteiger partial charge in [-0.2, -0.15) is 0 Å². The van der Waals surface area contributed by atoms with Crippen molar-refractivity contribution in [3.63, 3.8) is 0 Å². The minimum atomic E-state index is -0.985. The van der Waals surface area contributed by atoms with Gasteiger partial charge in [-0.05, 0) is 44.8 Å². The van der Waals surface area contributed by atoms with E-state index in [0.717, 1.165) is 31.3 Å². The molecule has 17 heavy (non-hydrogen) atoms. The van der Waals surface area contributed by atoms with Gasteiger partial charge in [0, 0.05) is 5.56 Å². The molecule has 1 N–H and O–H groups in total. The first-order valence-corrected chi connectivity index (χ1v) is 6.11. The molecule has 4 nitrogen and oxygen atoms in total. The first-order chi connectivity index (χ1) is 8.06. The van der Waals surface area contributed by atoms with Gasteiger partial charge in [0.1, 0.15) is 5.76 Å². The molecule has 0 amide bonds. The SMILES string of the molecule is Cc1cc(CN2CCC(C)CC2)oc1C(=O)O. The van der Waals surface area contributed by atoms with E-state index in [4.69, 9.17) is 9.52 Å². The van der Waals surface area contributed by atoms with E-state index in [9.17, 15) is 4.79 Å². The summed E-state index contributed by atoms with van der Waals surface area (Å²) >= 11 is 0. The van der Waals surface area contributed by atoms with Crippen molar-refractivity contribution in [1.82, 2.24) is 4.90 Å². The van der Waals surface area contributed by atoms with Gasteiger partial charge in [-0.15, -0.1) is 0 Å². The molecule has 1 saturated heterocycles. The smallest absolute Gasteiger partial charge is 0.372 e. The standard InChI is InChI=1S/C13H19NO3/c1-9-3-5-14(6-4-9)8-11-7-10(2)12(17-11)13(15)16/h7,9H,3-6,8H2,1-2H3,(H,15,16). The summed E-state index contributed by atoms with van der Waals surface area (Å²) in [5.74, 6) is 0.653. The lowest BCUT2D eigenvalue weighted by Crippen LogP contribution is -2.32. The van der Waals surface area contributed by atoms with Crippen LogP contribution < -0.4 is 0 Å². The largest absolute Gasteiger partial charge is 0.475 e. The van der Waals surface area contributed by atoms with E-state index < -0.39 is 5.97 Å². The second-order valence-electron chi connectivity index (χ2n) is 4.99. The van der Waals surface area contributed by atoms with Crippen LogP contribution in [-0.2, 0) is 6.54 Å². The van der Waals surface area contributed by atoms with Crippen LogP contribution in [0, 0.1) is 12.8 Å². The predicted octanol–water partition coefficient (Wildman–Crippen LogP) is 2.52. The second kappa shape index (κ2) is 4.92. The number of furan rings is 1. The quantitative estimate of drug-likeness (QED) is 0.877. The Bertz CT molecular complexity index is 403. The molecule has 0 aliphatic carbocycles. The number of rotatable bonds is 3. The number of carbonyl (C=O) groups is 1. The van der Waals surface area contributed by atoms with Crippen molar-refractivity contribution in [1.29, 1.82) is 0 Å². The third kappa shape index (κ3) is 2.88. The van der Waals surface area contributed by atoms with Crippen molar-refractivity contribution >= 4 is 5.97 Å². The van der Waals surface area contributed by atoms with E-state index in [1.807, 2.05) is 6.07 Å². The normalized spacial score (nSPS) is 18.5. The average molecular weight is 237 g/mol. The Morgan fingerprint density at radius 3 is 2.71 bits per heavy atom. The molecular weight excluding hydrogens is 218 g/mol. The molecule has 2 heterocycles. The number of aromatic carboxylic acids is 1. The van der Waals surface area contributed by atoms with Crippen LogP contribution in [0.1, 0.15) is 41.6 Å². The highest BCUT2D eigenvalue weighted by atomic mass is 16.4. The van der Waals surface area contributed by atoms with Gasteiger partial charge in [0.2, 0.25) is 5.76 Å². The lowest BCUT2D eigenvalue weighted by molar-refractivity contribution is 0.0656. The van der Waals surface area contributed by atoms with Gasteiger partial charge in [0.05, 0.1) is 6.54 Å². The van der Waals surface area contributed by atoms with Gasteiger partial charge < -0.3 is 9.52 Å². The molecular formula is C13H19NO3. The topological polar surface area (TPSA) is 53.7 Å². The van der Waals surface area contributed by atoms with Crippen LogP contribution in [0.15, 0.2) is 10.5 Å². The molecule has 0 bridgehead atoms. The fourth-order valence-electron chi connectivity index (χ4n) is 2.28. The summed E-state index contributed by atoms with van der Waals surface area (Å²) in [6.07, 6.45) is 2.43. The second-order valence-corrected chi connectivity index (χ2v) is 4.99. The van der Waals surface area contributed by atoms with Crippen molar-refractivity contribution in [3.05, 3.63) is 23.2 Å². The monoisotopic (exact) mass is 237 g/mol. The molecule has 1 aliphatic heterocycles. The van der Waals surface area contributed by atoms with Gasteiger partial charge in [-0.1, -0.05) is 6.92 Å². The third-order valence-electron chi connectivity index (χ3n) is 3.42. The molecule has 0 aromatic carbocycles. The van der Waals surface area contributed by atoms with Crippen molar-refractivity contribution in [2.24, 2.45) is 5.92 Å². The molecule has 0 spiro atoms. The predicted molar refractivity (Wildman–Crippen MR) is 64.1 cm³/mol. The highest BCUT2D eigenvalue weighted by Gasteiger charge is 2.19. The highest BCUT2D eigenvalue weighted by molar-refractivity contribution is 5.86. The van der Waals surface area contributed by atoms with Crippen LogP contribution in [0.5, 0.6) is 0 Å². The fraction of sp³-hybridized carbons (Fsp3) is 0.615. The van der Waals surface area contributed by atoms with Crippen LogP contribution >= 0.6 is 0 Å². The number of hydrogen-bond acceptors (Lipinski definition) is 3. The summed E-state index contributed by atoms with van der Waals surface area (Å²) in [7, 11) is 0. The maximum atomic E-state index is 10.9. The summed E-state index contributed by atoms with van der Waals surface area (Å²) in [5, 5.41) is 8.91. The van der Waals surface area contributed by atoms with Crippen LogP contribution in [0.25, 0.3) is 0 Å². The molecule has 1 fully saturated rings. The maximum absolute atomic E-state index is 10.9. The molecule has 1 aliphatic rings. The maximum Gasteiger partial charge on any atom is 0.372 e. The molecule has 0 saturated carbocycles. The fourth-order valence-corrected chi connectivity index (χ4v) is 2.28. The number of piperidine rings is 1. The lowest BCUT2D eigenvalue weighted by Gasteiger charge is -2.29. The first-order valence-electron chi connectivity index (χ1n) is 6.11. The molecule has 4 heteroatoms. The molecule has 1 aromatic heterocycles. The summed E-state index contributed by atoms with van der Waals surface area (Å²) in [5.41, 5.74) is 0.706. The van der Waals surface area contributed by atoms with Gasteiger partial charge >= 0.3 is 5.97 Å². The first kappa shape index (κ1) is 12.2. The summed E-state index contributed by atoms with van der Waals surface area (Å²) < 4.78 is 5.36. The zero-order valence-electron chi connectivity index (χ0n) is 10.4. The molecule has 94 valence electrons.